The first-order valence-electron chi connectivity index (χ1n) is 8.29. The number of amides is 1. The van der Waals surface area contributed by atoms with E-state index in [-0.39, 0.29) is 17.7 Å². The highest BCUT2D eigenvalue weighted by Gasteiger charge is 2.15. The van der Waals surface area contributed by atoms with E-state index in [0.29, 0.717) is 5.69 Å². The molecule has 28 heavy (non-hydrogen) atoms. The molecule has 0 radical (unpaired) electrons. The number of nitrogens with zero attached hydrogens (tertiary/aromatic N) is 4. The number of nitrogens with one attached hydrogen (secondary N) is 2. The number of benzene rings is 1. The van der Waals surface area contributed by atoms with Crippen LogP contribution >= 0.6 is 11.5 Å². The van der Waals surface area contributed by atoms with Gasteiger partial charge in [-0.3, -0.25) is 9.36 Å². The van der Waals surface area contributed by atoms with Gasteiger partial charge < -0.3 is 10.6 Å². The molecule has 0 aliphatic rings. The molecule has 1 amide bonds. The highest BCUT2D eigenvalue weighted by Crippen LogP contribution is 2.28. The van der Waals surface area contributed by atoms with Gasteiger partial charge in [0, 0.05) is 22.7 Å². The van der Waals surface area contributed by atoms with E-state index in [1.807, 2.05) is 13.0 Å². The van der Waals surface area contributed by atoms with Gasteiger partial charge in [-0.15, -0.1) is 0 Å². The van der Waals surface area contributed by atoms with Crippen molar-refractivity contribution in [1.29, 1.82) is 0 Å². The molecule has 3 aromatic heterocycles. The molecular weight excluding hydrogens is 379 g/mol. The van der Waals surface area contributed by atoms with Crippen molar-refractivity contribution in [3.8, 4) is 5.82 Å². The average Bonchev–Trinajstić information content (AvgIpc) is 3.31. The van der Waals surface area contributed by atoms with E-state index >= 15 is 0 Å². The number of rotatable bonds is 5. The second kappa shape index (κ2) is 7.20. The summed E-state index contributed by atoms with van der Waals surface area (Å²) in [5.74, 6) is -0.445. The minimum Gasteiger partial charge on any atom is -0.323 e. The van der Waals surface area contributed by atoms with Crippen LogP contribution in [0, 0.1) is 12.7 Å². The largest absolute Gasteiger partial charge is 0.323 e. The van der Waals surface area contributed by atoms with Crippen LogP contribution in [0.2, 0.25) is 0 Å². The van der Waals surface area contributed by atoms with E-state index in [2.05, 4.69) is 31.6 Å². The van der Waals surface area contributed by atoms with Gasteiger partial charge in [-0.2, -0.15) is 9.36 Å². The lowest BCUT2D eigenvalue weighted by atomic mass is 10.2. The summed E-state index contributed by atoms with van der Waals surface area (Å²) in [6.07, 6.45) is 5.77. The Morgan fingerprint density at radius 3 is 2.93 bits per heavy atom. The summed E-state index contributed by atoms with van der Waals surface area (Å²) in [6, 6.07) is 5.38. The molecule has 0 unspecified atom stereocenters. The molecule has 0 saturated heterocycles. The van der Waals surface area contributed by atoms with Crippen molar-refractivity contribution in [2.75, 3.05) is 10.6 Å². The fourth-order valence-electron chi connectivity index (χ4n) is 2.82. The van der Waals surface area contributed by atoms with Gasteiger partial charge in [-0.25, -0.2) is 9.37 Å². The summed E-state index contributed by atoms with van der Waals surface area (Å²) >= 11 is 1.29. The quantitative estimate of drug-likeness (QED) is 0.496. The van der Waals surface area contributed by atoms with Gasteiger partial charge in [0.25, 0.3) is 0 Å². The first-order valence-corrected chi connectivity index (χ1v) is 9.13. The van der Waals surface area contributed by atoms with Crippen molar-refractivity contribution in [2.45, 2.75) is 6.92 Å². The molecule has 4 aromatic rings. The molecule has 140 valence electrons. The predicted molar refractivity (Wildman–Crippen MR) is 108 cm³/mol. The third-order valence-electron chi connectivity index (χ3n) is 4.10. The molecule has 2 N–H and O–H groups in total. The minimum atomic E-state index is -0.546. The first-order chi connectivity index (χ1) is 13.5. The third-order valence-corrected chi connectivity index (χ3v) is 4.69. The number of hydrogen-bond donors (Lipinski definition) is 2. The number of anilines is 3. The Morgan fingerprint density at radius 2 is 2.18 bits per heavy atom. The Labute approximate surface area is 163 Å². The fraction of sp³-hybridized carbons (Fsp3) is 0.0526. The van der Waals surface area contributed by atoms with E-state index in [4.69, 9.17) is 0 Å². The lowest BCUT2D eigenvalue weighted by Gasteiger charge is -2.09. The van der Waals surface area contributed by atoms with Crippen molar-refractivity contribution in [3.05, 3.63) is 66.2 Å². The summed E-state index contributed by atoms with van der Waals surface area (Å²) in [5, 5.41) is 8.40. The predicted octanol–water partition coefficient (Wildman–Crippen LogP) is 4.19. The van der Waals surface area contributed by atoms with E-state index in [9.17, 15) is 9.18 Å². The van der Waals surface area contributed by atoms with Gasteiger partial charge in [0.15, 0.2) is 11.6 Å². The zero-order chi connectivity index (χ0) is 19.7. The maximum Gasteiger partial charge on any atom is 0.247 e. The second-order valence-electron chi connectivity index (χ2n) is 6.01. The zero-order valence-electron chi connectivity index (χ0n) is 14.8. The van der Waals surface area contributed by atoms with Crippen molar-refractivity contribution in [1.82, 2.24) is 18.9 Å². The second-order valence-corrected chi connectivity index (χ2v) is 6.67. The molecule has 7 nitrogen and oxygen atoms in total. The summed E-state index contributed by atoms with van der Waals surface area (Å²) in [6.45, 7) is 5.35. The Bertz CT molecular complexity index is 1180. The van der Waals surface area contributed by atoms with Crippen LogP contribution in [-0.2, 0) is 4.79 Å². The van der Waals surface area contributed by atoms with Crippen LogP contribution in [0.3, 0.4) is 0 Å². The third kappa shape index (κ3) is 3.35. The normalized spacial score (nSPS) is 10.8. The molecule has 4 rings (SSSR count). The molecule has 3 heterocycles. The number of halogens is 1. The number of carbonyl (C=O) groups excluding carboxylic acids is 1. The van der Waals surface area contributed by atoms with E-state index in [1.165, 1.54) is 17.6 Å². The lowest BCUT2D eigenvalue weighted by molar-refractivity contribution is -0.111. The smallest absolute Gasteiger partial charge is 0.247 e. The molecule has 0 saturated carbocycles. The van der Waals surface area contributed by atoms with Crippen LogP contribution in [0.4, 0.5) is 21.7 Å². The molecule has 9 heteroatoms. The van der Waals surface area contributed by atoms with E-state index < -0.39 is 5.82 Å². The van der Waals surface area contributed by atoms with Crippen LogP contribution in [0.1, 0.15) is 5.56 Å². The Hall–Kier alpha value is -3.59. The van der Waals surface area contributed by atoms with Crippen LogP contribution in [0.5, 0.6) is 0 Å². The van der Waals surface area contributed by atoms with Gasteiger partial charge in [-0.05, 0) is 48.3 Å². The zero-order valence-corrected chi connectivity index (χ0v) is 15.6. The van der Waals surface area contributed by atoms with Gasteiger partial charge in [0.2, 0.25) is 11.9 Å². The number of hydrogen-bond acceptors (Lipinski definition) is 6. The van der Waals surface area contributed by atoms with Crippen molar-refractivity contribution in [2.24, 2.45) is 0 Å². The molecular formula is C19H15FN6OS. The lowest BCUT2D eigenvalue weighted by Crippen LogP contribution is -2.07. The van der Waals surface area contributed by atoms with Crippen molar-refractivity contribution in [3.63, 3.8) is 0 Å². The molecule has 0 aliphatic carbocycles. The van der Waals surface area contributed by atoms with Crippen LogP contribution in [0.15, 0.2) is 54.8 Å². The van der Waals surface area contributed by atoms with Crippen molar-refractivity contribution >= 4 is 45.7 Å². The summed E-state index contributed by atoms with van der Waals surface area (Å²) in [4.78, 5) is 19.8. The minimum absolute atomic E-state index is 0.127. The maximum atomic E-state index is 14.5. The Balaban J connectivity index is 1.76. The Morgan fingerprint density at radius 1 is 1.32 bits per heavy atom. The van der Waals surface area contributed by atoms with Crippen LogP contribution in [-0.4, -0.2) is 24.8 Å². The summed E-state index contributed by atoms with van der Waals surface area (Å²) < 4.78 is 20.2. The summed E-state index contributed by atoms with van der Waals surface area (Å²) in [7, 11) is 0. The molecule has 0 bridgehead atoms. The highest BCUT2D eigenvalue weighted by atomic mass is 32.1. The number of carbonyl (C=O) groups is 1. The van der Waals surface area contributed by atoms with E-state index in [0.717, 1.165) is 28.4 Å². The Kier molecular flexibility index (Phi) is 4.58. The molecule has 1 aromatic carbocycles. The monoisotopic (exact) mass is 394 g/mol. The van der Waals surface area contributed by atoms with Crippen LogP contribution < -0.4 is 10.6 Å². The van der Waals surface area contributed by atoms with Crippen molar-refractivity contribution < 1.29 is 9.18 Å². The maximum absolute atomic E-state index is 14.5. The average molecular weight is 394 g/mol. The molecule has 0 aliphatic heterocycles. The van der Waals surface area contributed by atoms with Gasteiger partial charge in [-0.1, -0.05) is 6.58 Å². The number of aryl methyl sites for hydroxylation is 1. The molecule has 0 fully saturated rings. The SMILES string of the molecule is C=CC(=O)Nc1ccc2c(c1)c(C)cn2-c1nc(Nc2cnsc2)ncc1F. The topological polar surface area (TPSA) is 84.7 Å². The van der Waals surface area contributed by atoms with Gasteiger partial charge >= 0.3 is 0 Å². The highest BCUT2D eigenvalue weighted by molar-refractivity contribution is 7.04. The molecule has 0 atom stereocenters. The number of aromatic nitrogens is 4. The van der Waals surface area contributed by atoms with Gasteiger partial charge in [0.05, 0.1) is 23.6 Å². The van der Waals surface area contributed by atoms with Gasteiger partial charge in [0.1, 0.15) is 0 Å². The fourth-order valence-corrected chi connectivity index (χ4v) is 3.29. The van der Waals surface area contributed by atoms with E-state index in [1.54, 1.807) is 34.5 Å². The number of fused-ring (bicyclic) bond motifs is 1. The first kappa shape index (κ1) is 17.8. The standard InChI is InChI=1S/C19H15FN6OS/c1-3-17(27)23-12-4-5-16-14(6-12)11(2)9-26(16)18-15(20)8-21-19(25-18)24-13-7-22-28-10-13/h3-10H,1H2,2H3,(H,23,27)(H,21,24,25). The summed E-state index contributed by atoms with van der Waals surface area (Å²) in [5.41, 5.74) is 3.04. The van der Waals surface area contributed by atoms with Crippen LogP contribution in [0.25, 0.3) is 16.7 Å². The molecule has 0 spiro atoms.